The molecule has 0 saturated carbocycles. The summed E-state index contributed by atoms with van der Waals surface area (Å²) >= 11 is 5.75. The van der Waals surface area contributed by atoms with E-state index in [9.17, 15) is 8.42 Å². The highest BCUT2D eigenvalue weighted by Crippen LogP contribution is 2.13. The smallest absolute Gasteiger partial charge is 0.256 e. The highest BCUT2D eigenvalue weighted by atomic mass is 35.5. The summed E-state index contributed by atoms with van der Waals surface area (Å²) in [7, 11) is -0.383. The van der Waals surface area contributed by atoms with Gasteiger partial charge in [0.1, 0.15) is 0 Å². The summed E-state index contributed by atoms with van der Waals surface area (Å²) in [5, 5.41) is 3.77. The van der Waals surface area contributed by atoms with Crippen molar-refractivity contribution in [2.75, 3.05) is 13.6 Å². The third-order valence-electron chi connectivity index (χ3n) is 1.96. The molecule has 0 aliphatic carbocycles. The van der Waals surface area contributed by atoms with Crippen molar-refractivity contribution in [2.24, 2.45) is 7.05 Å². The fourth-order valence-electron chi connectivity index (χ4n) is 1.23. The molecule has 0 fully saturated rings. The van der Waals surface area contributed by atoms with E-state index < -0.39 is 10.0 Å². The van der Waals surface area contributed by atoms with Crippen molar-refractivity contribution in [3.8, 4) is 0 Å². The molecule has 1 heterocycles. The number of halogens is 1. The van der Waals surface area contributed by atoms with Gasteiger partial charge in [-0.2, -0.15) is 9.40 Å². The summed E-state index contributed by atoms with van der Waals surface area (Å²) in [5.74, 6) is 0. The van der Waals surface area contributed by atoms with E-state index in [0.29, 0.717) is 0 Å². The number of nitrogens with zero attached hydrogens (tertiary/aromatic N) is 3. The van der Waals surface area contributed by atoms with Crippen LogP contribution in [0.1, 0.15) is 6.92 Å². The molecule has 1 rings (SSSR count). The highest BCUT2D eigenvalue weighted by molar-refractivity contribution is 7.89. The van der Waals surface area contributed by atoms with Gasteiger partial charge in [0, 0.05) is 26.0 Å². The van der Waals surface area contributed by atoms with Gasteiger partial charge in [0.15, 0.2) is 5.03 Å². The minimum absolute atomic E-state index is 0.169. The zero-order chi connectivity index (χ0) is 11.6. The van der Waals surface area contributed by atoms with Gasteiger partial charge in [-0.15, -0.1) is 11.6 Å². The third-order valence-corrected chi connectivity index (χ3v) is 4.00. The van der Waals surface area contributed by atoms with E-state index in [-0.39, 0.29) is 16.9 Å². The Morgan fingerprint density at radius 3 is 2.67 bits per heavy atom. The van der Waals surface area contributed by atoms with Gasteiger partial charge < -0.3 is 0 Å². The van der Waals surface area contributed by atoms with Gasteiger partial charge in [-0.1, -0.05) is 0 Å². The fraction of sp³-hybridized carbons (Fsp3) is 0.625. The molecule has 1 atom stereocenters. The number of hydrogen-bond donors (Lipinski definition) is 0. The maximum absolute atomic E-state index is 12.0. The minimum atomic E-state index is -3.47. The highest BCUT2D eigenvalue weighted by Gasteiger charge is 2.24. The zero-order valence-corrected chi connectivity index (χ0v) is 10.5. The van der Waals surface area contributed by atoms with Crippen molar-refractivity contribution in [3.05, 3.63) is 12.3 Å². The van der Waals surface area contributed by atoms with Crippen LogP contribution < -0.4 is 0 Å². The second kappa shape index (κ2) is 4.51. The van der Waals surface area contributed by atoms with E-state index in [4.69, 9.17) is 11.6 Å². The van der Waals surface area contributed by atoms with Crippen LogP contribution in [0.25, 0.3) is 0 Å². The summed E-state index contributed by atoms with van der Waals surface area (Å²) < 4.78 is 26.5. The van der Waals surface area contributed by atoms with Gasteiger partial charge in [0.25, 0.3) is 10.0 Å². The van der Waals surface area contributed by atoms with E-state index in [1.165, 1.54) is 28.3 Å². The lowest BCUT2D eigenvalue weighted by Gasteiger charge is -2.17. The molecule has 0 amide bonds. The minimum Gasteiger partial charge on any atom is -0.256 e. The summed E-state index contributed by atoms with van der Waals surface area (Å²) in [6.07, 6.45) is 1.45. The molecule has 0 aliphatic heterocycles. The molecule has 0 N–H and O–H groups in total. The van der Waals surface area contributed by atoms with E-state index in [1.807, 2.05) is 0 Å². The number of rotatable bonds is 4. The van der Waals surface area contributed by atoms with E-state index in [2.05, 4.69) is 5.10 Å². The van der Waals surface area contributed by atoms with Crippen LogP contribution in [-0.4, -0.2) is 41.5 Å². The van der Waals surface area contributed by atoms with Crippen LogP contribution in [0.2, 0.25) is 0 Å². The molecule has 0 aliphatic rings. The Morgan fingerprint density at radius 1 is 1.67 bits per heavy atom. The Balaban J connectivity index is 2.99. The number of hydrogen-bond acceptors (Lipinski definition) is 3. The molecule has 0 aromatic carbocycles. The van der Waals surface area contributed by atoms with Gasteiger partial charge >= 0.3 is 0 Å². The Morgan fingerprint density at radius 2 is 2.27 bits per heavy atom. The molecule has 86 valence electrons. The monoisotopic (exact) mass is 251 g/mol. The lowest BCUT2D eigenvalue weighted by atomic mass is 10.5. The first-order valence-electron chi connectivity index (χ1n) is 4.44. The van der Waals surface area contributed by atoms with Crippen LogP contribution in [0, 0.1) is 0 Å². The van der Waals surface area contributed by atoms with Gasteiger partial charge in [-0.3, -0.25) is 4.68 Å². The largest absolute Gasteiger partial charge is 0.259 e. The molecule has 1 unspecified atom stereocenters. The SMILES string of the molecule is CC(Cl)CN(C)S(=O)(=O)c1ccnn1C. The van der Waals surface area contributed by atoms with E-state index in [0.717, 1.165) is 0 Å². The first-order chi connectivity index (χ1) is 6.85. The van der Waals surface area contributed by atoms with Crippen molar-refractivity contribution in [2.45, 2.75) is 17.3 Å². The zero-order valence-electron chi connectivity index (χ0n) is 8.88. The lowest BCUT2D eigenvalue weighted by molar-refractivity contribution is 0.461. The average molecular weight is 252 g/mol. The molecule has 0 saturated heterocycles. The van der Waals surface area contributed by atoms with Crippen LogP contribution in [-0.2, 0) is 17.1 Å². The molecular formula is C8H14ClN3O2S. The first-order valence-corrected chi connectivity index (χ1v) is 6.31. The quantitative estimate of drug-likeness (QED) is 0.739. The van der Waals surface area contributed by atoms with Crippen molar-refractivity contribution in [3.63, 3.8) is 0 Å². The number of sulfonamides is 1. The predicted octanol–water partition coefficient (Wildman–Crippen LogP) is 0.668. The normalized spacial score (nSPS) is 14.5. The van der Waals surface area contributed by atoms with Gasteiger partial charge in [0.2, 0.25) is 0 Å². The third kappa shape index (κ3) is 2.70. The molecule has 7 heteroatoms. The fourth-order valence-corrected chi connectivity index (χ4v) is 2.87. The summed E-state index contributed by atoms with van der Waals surface area (Å²) in [5.41, 5.74) is 0. The molecule has 0 spiro atoms. The molecule has 15 heavy (non-hydrogen) atoms. The Kier molecular flexibility index (Phi) is 3.75. The maximum Gasteiger partial charge on any atom is 0.259 e. The second-order valence-electron chi connectivity index (χ2n) is 3.36. The predicted molar refractivity (Wildman–Crippen MR) is 58.3 cm³/mol. The molecule has 0 radical (unpaired) electrons. The summed E-state index contributed by atoms with van der Waals surface area (Å²) in [6, 6.07) is 1.46. The van der Waals surface area contributed by atoms with Crippen LogP contribution in [0.4, 0.5) is 0 Å². The molecule has 5 nitrogen and oxygen atoms in total. The summed E-state index contributed by atoms with van der Waals surface area (Å²) in [4.78, 5) is 0. The van der Waals surface area contributed by atoms with Crippen LogP contribution in [0.15, 0.2) is 17.3 Å². The Bertz CT molecular complexity index is 427. The van der Waals surface area contributed by atoms with Crippen LogP contribution in [0.5, 0.6) is 0 Å². The van der Waals surface area contributed by atoms with Gasteiger partial charge in [0.05, 0.1) is 6.20 Å². The summed E-state index contributed by atoms with van der Waals surface area (Å²) in [6.45, 7) is 2.02. The van der Waals surface area contributed by atoms with Crippen molar-refractivity contribution in [1.29, 1.82) is 0 Å². The number of aromatic nitrogens is 2. The lowest BCUT2D eigenvalue weighted by Crippen LogP contribution is -2.32. The standard InChI is InChI=1S/C8H14ClN3O2S/c1-7(9)6-11(2)15(13,14)8-4-5-10-12(8)3/h4-5,7H,6H2,1-3H3. The molecular weight excluding hydrogens is 238 g/mol. The molecule has 1 aromatic rings. The van der Waals surface area contributed by atoms with E-state index >= 15 is 0 Å². The second-order valence-corrected chi connectivity index (χ2v) is 6.10. The first kappa shape index (κ1) is 12.5. The van der Waals surface area contributed by atoms with Crippen molar-refractivity contribution >= 4 is 21.6 Å². The Hall–Kier alpha value is -0.590. The number of alkyl halides is 1. The van der Waals surface area contributed by atoms with Gasteiger partial charge in [-0.25, -0.2) is 8.42 Å². The van der Waals surface area contributed by atoms with Gasteiger partial charge in [-0.05, 0) is 13.0 Å². The van der Waals surface area contributed by atoms with Crippen molar-refractivity contribution in [1.82, 2.24) is 14.1 Å². The Labute approximate surface area is 94.7 Å². The number of aryl methyl sites for hydroxylation is 1. The van der Waals surface area contributed by atoms with E-state index in [1.54, 1.807) is 14.0 Å². The van der Waals surface area contributed by atoms with Crippen molar-refractivity contribution < 1.29 is 8.42 Å². The van der Waals surface area contributed by atoms with Crippen LogP contribution >= 0.6 is 11.6 Å². The average Bonchev–Trinajstić information content (AvgIpc) is 2.50. The molecule has 1 aromatic heterocycles. The topological polar surface area (TPSA) is 55.2 Å². The maximum atomic E-state index is 12.0. The molecule has 0 bridgehead atoms. The van der Waals surface area contributed by atoms with Crippen LogP contribution in [0.3, 0.4) is 0 Å².